The molecule has 0 bridgehead atoms. The van der Waals surface area contributed by atoms with E-state index < -0.39 is 0 Å². The molecule has 0 aliphatic heterocycles. The first-order chi connectivity index (χ1) is 6.86. The fourth-order valence-corrected chi connectivity index (χ4v) is 2.10. The van der Waals surface area contributed by atoms with Gasteiger partial charge in [-0.3, -0.25) is 4.98 Å². The minimum Gasteiger partial charge on any atom is -0.382 e. The number of pyridine rings is 1. The Morgan fingerprint density at radius 2 is 2.07 bits per heavy atom. The van der Waals surface area contributed by atoms with E-state index in [-0.39, 0.29) is 0 Å². The normalized spacial score (nSPS) is 18.1. The van der Waals surface area contributed by atoms with Crippen LogP contribution in [0.3, 0.4) is 0 Å². The van der Waals surface area contributed by atoms with Crippen LogP contribution in [0.25, 0.3) is 0 Å². The van der Waals surface area contributed by atoms with Crippen molar-refractivity contribution < 1.29 is 0 Å². The smallest absolute Gasteiger partial charge is 0.0402 e. The second-order valence-electron chi connectivity index (χ2n) is 4.17. The summed E-state index contributed by atoms with van der Waals surface area (Å²) in [7, 11) is 0. The highest BCUT2D eigenvalue weighted by molar-refractivity contribution is 5.49. The molecule has 2 heteroatoms. The number of anilines is 1. The van der Waals surface area contributed by atoms with Crippen LogP contribution in [0.5, 0.6) is 0 Å². The molecule has 1 aromatic heterocycles. The second-order valence-corrected chi connectivity index (χ2v) is 4.17. The van der Waals surface area contributed by atoms with E-state index in [1.165, 1.54) is 43.4 Å². The minimum absolute atomic E-state index is 0.685. The maximum absolute atomic E-state index is 4.10. The molecule has 0 saturated heterocycles. The molecular weight excluding hydrogens is 172 g/mol. The highest BCUT2D eigenvalue weighted by atomic mass is 14.9. The quantitative estimate of drug-likeness (QED) is 0.775. The third-order valence-corrected chi connectivity index (χ3v) is 2.99. The van der Waals surface area contributed by atoms with Crippen molar-refractivity contribution in [2.45, 2.75) is 45.1 Å². The molecule has 0 unspecified atom stereocenters. The topological polar surface area (TPSA) is 24.9 Å². The van der Waals surface area contributed by atoms with Crippen LogP contribution in [0.1, 0.15) is 37.7 Å². The van der Waals surface area contributed by atoms with Gasteiger partial charge >= 0.3 is 0 Å². The van der Waals surface area contributed by atoms with Crippen molar-refractivity contribution in [1.82, 2.24) is 4.98 Å². The van der Waals surface area contributed by atoms with Crippen LogP contribution in [0.15, 0.2) is 18.5 Å². The van der Waals surface area contributed by atoms with Gasteiger partial charge in [-0.2, -0.15) is 0 Å². The maximum Gasteiger partial charge on any atom is 0.0402 e. The lowest BCUT2D eigenvalue weighted by atomic mass is 9.95. The average Bonchev–Trinajstić information content (AvgIpc) is 2.23. The largest absolute Gasteiger partial charge is 0.382 e. The summed E-state index contributed by atoms with van der Waals surface area (Å²) in [5, 5.41) is 3.61. The van der Waals surface area contributed by atoms with E-state index in [0.717, 1.165) is 0 Å². The Labute approximate surface area is 85.7 Å². The summed E-state index contributed by atoms with van der Waals surface area (Å²) in [6, 6.07) is 2.76. The molecule has 0 aromatic carbocycles. The first-order valence-electron chi connectivity index (χ1n) is 5.53. The van der Waals surface area contributed by atoms with E-state index in [4.69, 9.17) is 0 Å². The lowest BCUT2D eigenvalue weighted by Crippen LogP contribution is -2.22. The van der Waals surface area contributed by atoms with Gasteiger partial charge in [0.15, 0.2) is 0 Å². The number of nitrogens with one attached hydrogen (secondary N) is 1. The van der Waals surface area contributed by atoms with Gasteiger partial charge in [-0.15, -0.1) is 0 Å². The van der Waals surface area contributed by atoms with E-state index in [1.807, 2.05) is 12.4 Å². The third-order valence-electron chi connectivity index (χ3n) is 2.99. The fraction of sp³-hybridized carbons (Fsp3) is 0.583. The lowest BCUT2D eigenvalue weighted by Gasteiger charge is -2.24. The minimum atomic E-state index is 0.685. The van der Waals surface area contributed by atoms with Crippen LogP contribution in [0.2, 0.25) is 0 Å². The molecule has 1 N–H and O–H groups in total. The van der Waals surface area contributed by atoms with Crippen LogP contribution in [0.4, 0.5) is 5.69 Å². The first-order valence-corrected chi connectivity index (χ1v) is 5.53. The van der Waals surface area contributed by atoms with Crippen molar-refractivity contribution in [2.75, 3.05) is 5.32 Å². The van der Waals surface area contributed by atoms with Crippen molar-refractivity contribution in [3.8, 4) is 0 Å². The fourth-order valence-electron chi connectivity index (χ4n) is 2.10. The SMILES string of the molecule is Cc1cnccc1NC1CCCCC1. The highest BCUT2D eigenvalue weighted by Crippen LogP contribution is 2.22. The molecule has 2 rings (SSSR count). The van der Waals surface area contributed by atoms with Crippen LogP contribution in [0, 0.1) is 6.92 Å². The third kappa shape index (κ3) is 2.25. The summed E-state index contributed by atoms with van der Waals surface area (Å²) in [6.07, 6.45) is 10.6. The van der Waals surface area contributed by atoms with Crippen molar-refractivity contribution >= 4 is 5.69 Å². The summed E-state index contributed by atoms with van der Waals surface area (Å²) < 4.78 is 0. The molecule has 1 heterocycles. The summed E-state index contributed by atoms with van der Waals surface area (Å²) in [6.45, 7) is 2.11. The average molecular weight is 190 g/mol. The Balaban J connectivity index is 1.99. The number of aromatic nitrogens is 1. The van der Waals surface area contributed by atoms with E-state index in [0.29, 0.717) is 6.04 Å². The molecule has 14 heavy (non-hydrogen) atoms. The number of rotatable bonds is 2. The Hall–Kier alpha value is -1.05. The number of aryl methyl sites for hydroxylation is 1. The Morgan fingerprint density at radius 3 is 2.79 bits per heavy atom. The van der Waals surface area contributed by atoms with Crippen LogP contribution in [-0.2, 0) is 0 Å². The monoisotopic (exact) mass is 190 g/mol. The van der Waals surface area contributed by atoms with Crippen LogP contribution < -0.4 is 5.32 Å². The van der Waals surface area contributed by atoms with Gasteiger partial charge in [-0.05, 0) is 31.4 Å². The van der Waals surface area contributed by atoms with Gasteiger partial charge in [0, 0.05) is 24.1 Å². The van der Waals surface area contributed by atoms with Gasteiger partial charge in [0.05, 0.1) is 0 Å². The molecule has 76 valence electrons. The van der Waals surface area contributed by atoms with Gasteiger partial charge in [-0.1, -0.05) is 19.3 Å². The predicted molar refractivity (Wildman–Crippen MR) is 59.5 cm³/mol. The van der Waals surface area contributed by atoms with Crippen molar-refractivity contribution in [3.63, 3.8) is 0 Å². The maximum atomic E-state index is 4.10. The zero-order chi connectivity index (χ0) is 9.80. The Morgan fingerprint density at radius 1 is 1.29 bits per heavy atom. The summed E-state index contributed by atoms with van der Waals surface area (Å²) in [5.41, 5.74) is 2.50. The van der Waals surface area contributed by atoms with Crippen molar-refractivity contribution in [2.24, 2.45) is 0 Å². The van der Waals surface area contributed by atoms with Gasteiger partial charge < -0.3 is 5.32 Å². The van der Waals surface area contributed by atoms with Crippen LogP contribution in [-0.4, -0.2) is 11.0 Å². The number of nitrogens with zero attached hydrogens (tertiary/aromatic N) is 1. The summed E-state index contributed by atoms with van der Waals surface area (Å²) >= 11 is 0. The molecule has 0 atom stereocenters. The van der Waals surface area contributed by atoms with E-state index in [9.17, 15) is 0 Å². The van der Waals surface area contributed by atoms with Gasteiger partial charge in [0.2, 0.25) is 0 Å². The summed E-state index contributed by atoms with van der Waals surface area (Å²) in [5.74, 6) is 0. The lowest BCUT2D eigenvalue weighted by molar-refractivity contribution is 0.462. The van der Waals surface area contributed by atoms with Crippen molar-refractivity contribution in [3.05, 3.63) is 24.0 Å². The Kier molecular flexibility index (Phi) is 3.02. The molecule has 1 saturated carbocycles. The molecule has 0 spiro atoms. The number of hydrogen-bond acceptors (Lipinski definition) is 2. The molecule has 0 amide bonds. The molecular formula is C12H18N2. The van der Waals surface area contributed by atoms with E-state index in [2.05, 4.69) is 23.3 Å². The molecule has 0 radical (unpaired) electrons. The number of hydrogen-bond donors (Lipinski definition) is 1. The molecule has 1 aliphatic rings. The standard InChI is InChI=1S/C12H18N2/c1-10-9-13-8-7-12(10)14-11-5-3-2-4-6-11/h7-9,11H,2-6H2,1H3,(H,13,14). The summed E-state index contributed by atoms with van der Waals surface area (Å²) in [4.78, 5) is 4.10. The molecule has 1 aliphatic carbocycles. The van der Waals surface area contributed by atoms with Gasteiger partial charge in [0.25, 0.3) is 0 Å². The van der Waals surface area contributed by atoms with Gasteiger partial charge in [-0.25, -0.2) is 0 Å². The van der Waals surface area contributed by atoms with Crippen LogP contribution >= 0.6 is 0 Å². The molecule has 1 fully saturated rings. The van der Waals surface area contributed by atoms with E-state index in [1.54, 1.807) is 0 Å². The zero-order valence-corrected chi connectivity index (χ0v) is 8.79. The second kappa shape index (κ2) is 4.45. The molecule has 1 aromatic rings. The molecule has 2 nitrogen and oxygen atoms in total. The Bertz CT molecular complexity index is 290. The van der Waals surface area contributed by atoms with Crippen molar-refractivity contribution in [1.29, 1.82) is 0 Å². The predicted octanol–water partition coefficient (Wildman–Crippen LogP) is 3.13. The zero-order valence-electron chi connectivity index (χ0n) is 8.79. The van der Waals surface area contributed by atoms with Gasteiger partial charge in [0.1, 0.15) is 0 Å². The first kappa shape index (κ1) is 9.50. The van der Waals surface area contributed by atoms with E-state index >= 15 is 0 Å². The highest BCUT2D eigenvalue weighted by Gasteiger charge is 2.13.